The zero-order valence-corrected chi connectivity index (χ0v) is 12.0. The molecule has 0 aliphatic heterocycles. The number of aliphatic hydroxyl groups is 1. The molecule has 17 heavy (non-hydrogen) atoms. The van der Waals surface area contributed by atoms with E-state index in [1.165, 1.54) is 0 Å². The molecule has 0 heterocycles. The van der Waals surface area contributed by atoms with Crippen molar-refractivity contribution in [3.63, 3.8) is 0 Å². The fraction of sp³-hybridized carbons (Fsp3) is 0.923. The Bertz CT molecular complexity index is 255. The summed E-state index contributed by atoms with van der Waals surface area (Å²) in [7, 11) is 0. The van der Waals surface area contributed by atoms with Crippen molar-refractivity contribution < 1.29 is 9.90 Å². The quantitative estimate of drug-likeness (QED) is 0.658. The van der Waals surface area contributed by atoms with Crippen molar-refractivity contribution in [1.82, 2.24) is 5.32 Å². The average Bonchev–Trinajstić information content (AvgIpc) is 2.13. The molecule has 4 heteroatoms. The number of nitrogens with one attached hydrogen (secondary N) is 1. The Hall–Kier alpha value is -0.610. The van der Waals surface area contributed by atoms with Crippen molar-refractivity contribution in [2.45, 2.75) is 59.5 Å². The summed E-state index contributed by atoms with van der Waals surface area (Å²) in [5, 5.41) is 12.1. The van der Waals surface area contributed by atoms with E-state index in [4.69, 9.17) is 5.73 Å². The minimum atomic E-state index is -0.669. The third-order valence-electron chi connectivity index (χ3n) is 3.49. The third kappa shape index (κ3) is 4.64. The van der Waals surface area contributed by atoms with Gasteiger partial charge in [0.25, 0.3) is 0 Å². The maximum Gasteiger partial charge on any atom is 0.227 e. The summed E-state index contributed by atoms with van der Waals surface area (Å²) >= 11 is 0. The minimum Gasteiger partial charge on any atom is -0.394 e. The van der Waals surface area contributed by atoms with Gasteiger partial charge in [0.1, 0.15) is 0 Å². The number of carbonyl (C=O) groups excluding carboxylic acids is 1. The van der Waals surface area contributed by atoms with Crippen molar-refractivity contribution >= 4 is 5.91 Å². The van der Waals surface area contributed by atoms with E-state index in [2.05, 4.69) is 19.2 Å². The molecular formula is C13H28N2O2. The standard InChI is InChI=1S/C13H28N2O2/c1-9(2)7-10(8-16)15-11(17)12(3,4)13(5,6)14/h9-10,16H,7-8,14H2,1-6H3,(H,15,17). The summed E-state index contributed by atoms with van der Waals surface area (Å²) < 4.78 is 0. The van der Waals surface area contributed by atoms with Crippen LogP contribution >= 0.6 is 0 Å². The van der Waals surface area contributed by atoms with Crippen LogP contribution in [0.2, 0.25) is 0 Å². The molecule has 1 amide bonds. The maximum atomic E-state index is 12.2. The lowest BCUT2D eigenvalue weighted by Crippen LogP contribution is -2.57. The molecule has 0 aromatic rings. The number of amides is 1. The fourth-order valence-electron chi connectivity index (χ4n) is 1.41. The molecule has 0 spiro atoms. The largest absolute Gasteiger partial charge is 0.394 e. The Morgan fingerprint density at radius 3 is 2.06 bits per heavy atom. The van der Waals surface area contributed by atoms with E-state index in [1.807, 2.05) is 27.7 Å². The lowest BCUT2D eigenvalue weighted by Gasteiger charge is -2.38. The number of aliphatic hydroxyl groups excluding tert-OH is 1. The van der Waals surface area contributed by atoms with Gasteiger partial charge >= 0.3 is 0 Å². The van der Waals surface area contributed by atoms with E-state index in [0.717, 1.165) is 6.42 Å². The van der Waals surface area contributed by atoms with Crippen LogP contribution in [-0.2, 0) is 4.79 Å². The first kappa shape index (κ1) is 16.4. The second-order valence-corrected chi connectivity index (χ2v) is 6.33. The van der Waals surface area contributed by atoms with E-state index in [1.54, 1.807) is 0 Å². The Labute approximate surface area is 105 Å². The van der Waals surface area contributed by atoms with Crippen molar-refractivity contribution in [3.05, 3.63) is 0 Å². The summed E-state index contributed by atoms with van der Waals surface area (Å²) in [4.78, 5) is 12.2. The Morgan fingerprint density at radius 1 is 1.29 bits per heavy atom. The summed E-state index contributed by atoms with van der Waals surface area (Å²) in [6, 6.07) is -0.191. The van der Waals surface area contributed by atoms with Crippen molar-refractivity contribution in [3.8, 4) is 0 Å². The topological polar surface area (TPSA) is 75.3 Å². The molecule has 0 fully saturated rings. The van der Waals surface area contributed by atoms with Crippen LogP contribution in [0.25, 0.3) is 0 Å². The van der Waals surface area contributed by atoms with Gasteiger partial charge in [-0.3, -0.25) is 4.79 Å². The second-order valence-electron chi connectivity index (χ2n) is 6.33. The monoisotopic (exact) mass is 244 g/mol. The molecule has 0 rings (SSSR count). The highest BCUT2D eigenvalue weighted by Gasteiger charge is 2.40. The molecular weight excluding hydrogens is 216 g/mol. The SMILES string of the molecule is CC(C)CC(CO)NC(=O)C(C)(C)C(C)(C)N. The highest BCUT2D eigenvalue weighted by molar-refractivity contribution is 5.83. The van der Waals surface area contributed by atoms with Gasteiger partial charge in [0, 0.05) is 5.54 Å². The Kier molecular flexibility index (Phi) is 5.62. The lowest BCUT2D eigenvalue weighted by molar-refractivity contribution is -0.133. The van der Waals surface area contributed by atoms with Gasteiger partial charge in [0.05, 0.1) is 18.1 Å². The maximum absolute atomic E-state index is 12.2. The Balaban J connectivity index is 4.62. The van der Waals surface area contributed by atoms with Crippen molar-refractivity contribution in [2.24, 2.45) is 17.1 Å². The smallest absolute Gasteiger partial charge is 0.227 e. The van der Waals surface area contributed by atoms with Gasteiger partial charge in [0.15, 0.2) is 0 Å². The summed E-state index contributed by atoms with van der Waals surface area (Å²) in [5.41, 5.74) is 4.74. The summed E-state index contributed by atoms with van der Waals surface area (Å²) in [5.74, 6) is 0.325. The highest BCUT2D eigenvalue weighted by atomic mass is 16.3. The van der Waals surface area contributed by atoms with Crippen LogP contribution < -0.4 is 11.1 Å². The van der Waals surface area contributed by atoms with Crippen LogP contribution in [0.15, 0.2) is 0 Å². The van der Waals surface area contributed by atoms with E-state index >= 15 is 0 Å². The molecule has 1 unspecified atom stereocenters. The number of nitrogens with two attached hydrogens (primary N) is 1. The molecule has 0 bridgehead atoms. The van der Waals surface area contributed by atoms with Gasteiger partial charge in [-0.1, -0.05) is 13.8 Å². The van der Waals surface area contributed by atoms with Crippen LogP contribution in [0.3, 0.4) is 0 Å². The molecule has 0 radical (unpaired) electrons. The van der Waals surface area contributed by atoms with Gasteiger partial charge in [-0.05, 0) is 40.0 Å². The lowest BCUT2D eigenvalue weighted by atomic mass is 9.74. The molecule has 4 nitrogen and oxygen atoms in total. The highest BCUT2D eigenvalue weighted by Crippen LogP contribution is 2.28. The van der Waals surface area contributed by atoms with E-state index < -0.39 is 11.0 Å². The van der Waals surface area contributed by atoms with Gasteiger partial charge in [0.2, 0.25) is 5.91 Å². The molecule has 0 aliphatic rings. The normalized spacial score (nSPS) is 14.9. The minimum absolute atomic E-state index is 0.0367. The third-order valence-corrected chi connectivity index (χ3v) is 3.49. The van der Waals surface area contributed by atoms with Crippen LogP contribution in [0.5, 0.6) is 0 Å². The molecule has 0 aromatic carbocycles. The Morgan fingerprint density at radius 2 is 1.76 bits per heavy atom. The average molecular weight is 244 g/mol. The van der Waals surface area contributed by atoms with Gasteiger partial charge in [-0.15, -0.1) is 0 Å². The molecule has 0 aliphatic carbocycles. The number of hydrogen-bond donors (Lipinski definition) is 3. The zero-order chi connectivity index (χ0) is 13.9. The first-order chi connectivity index (χ1) is 7.52. The van der Waals surface area contributed by atoms with Crippen LogP contribution in [0.1, 0.15) is 48.0 Å². The van der Waals surface area contributed by atoms with E-state index in [9.17, 15) is 9.90 Å². The fourth-order valence-corrected chi connectivity index (χ4v) is 1.41. The predicted octanol–water partition coefficient (Wildman–Crippen LogP) is 1.27. The first-order valence-corrected chi connectivity index (χ1v) is 6.23. The number of carbonyl (C=O) groups is 1. The second kappa shape index (κ2) is 5.83. The van der Waals surface area contributed by atoms with E-state index in [-0.39, 0.29) is 18.6 Å². The van der Waals surface area contributed by atoms with Gasteiger partial charge in [-0.2, -0.15) is 0 Å². The number of hydrogen-bond acceptors (Lipinski definition) is 3. The van der Waals surface area contributed by atoms with Gasteiger partial charge < -0.3 is 16.2 Å². The summed E-state index contributed by atoms with van der Waals surface area (Å²) in [6.45, 7) is 11.4. The molecule has 4 N–H and O–H groups in total. The first-order valence-electron chi connectivity index (χ1n) is 6.23. The van der Waals surface area contributed by atoms with Crippen molar-refractivity contribution in [2.75, 3.05) is 6.61 Å². The van der Waals surface area contributed by atoms with Gasteiger partial charge in [-0.25, -0.2) is 0 Å². The molecule has 0 aromatic heterocycles. The summed E-state index contributed by atoms with van der Waals surface area (Å²) in [6.07, 6.45) is 0.767. The van der Waals surface area contributed by atoms with Crippen LogP contribution in [0.4, 0.5) is 0 Å². The predicted molar refractivity (Wildman–Crippen MR) is 70.5 cm³/mol. The van der Waals surface area contributed by atoms with Crippen molar-refractivity contribution in [1.29, 1.82) is 0 Å². The van der Waals surface area contributed by atoms with E-state index in [0.29, 0.717) is 5.92 Å². The molecule has 0 saturated heterocycles. The molecule has 0 saturated carbocycles. The molecule has 1 atom stereocenters. The van der Waals surface area contributed by atoms with Crippen LogP contribution in [-0.4, -0.2) is 29.2 Å². The zero-order valence-electron chi connectivity index (χ0n) is 12.0. The molecule has 102 valence electrons. The van der Waals surface area contributed by atoms with Crippen LogP contribution in [0, 0.1) is 11.3 Å². The number of rotatable bonds is 6.